The Labute approximate surface area is 94.0 Å². The zero-order valence-electron chi connectivity index (χ0n) is 9.01. The Morgan fingerprint density at radius 3 is 2.88 bits per heavy atom. The predicted molar refractivity (Wildman–Crippen MR) is 62.2 cm³/mol. The maximum atomic E-state index is 9.38. The summed E-state index contributed by atoms with van der Waals surface area (Å²) in [6.45, 7) is 2.51. The van der Waals surface area contributed by atoms with Crippen LogP contribution in [0.5, 0.6) is 5.75 Å². The third-order valence-electron chi connectivity index (χ3n) is 2.31. The van der Waals surface area contributed by atoms with Gasteiger partial charge in [0.05, 0.1) is 12.2 Å². The Hall–Kier alpha value is -2.10. The van der Waals surface area contributed by atoms with Crippen LogP contribution in [0, 0.1) is 6.92 Å². The number of anilines is 1. The average molecular weight is 215 g/mol. The molecule has 0 bridgehead atoms. The summed E-state index contributed by atoms with van der Waals surface area (Å²) in [6.07, 6.45) is 3.24. The molecule has 0 fully saturated rings. The summed E-state index contributed by atoms with van der Waals surface area (Å²) in [5.74, 6) is 0.313. The molecule has 0 aliphatic carbocycles. The quantitative estimate of drug-likeness (QED) is 0.770. The number of rotatable bonds is 3. The highest BCUT2D eigenvalue weighted by atomic mass is 16.3. The molecule has 2 aromatic rings. The van der Waals surface area contributed by atoms with Crippen LogP contribution in [0.1, 0.15) is 11.3 Å². The van der Waals surface area contributed by atoms with Crippen LogP contribution in [0.4, 0.5) is 5.69 Å². The smallest absolute Gasteiger partial charge is 0.118 e. The molecular formula is C12H13N3O. The number of benzene rings is 1. The Kier molecular flexibility index (Phi) is 3.00. The number of aromatic nitrogens is 2. The lowest BCUT2D eigenvalue weighted by atomic mass is 10.2. The van der Waals surface area contributed by atoms with Crippen LogP contribution in [-0.4, -0.2) is 15.1 Å². The van der Waals surface area contributed by atoms with Gasteiger partial charge in [-0.15, -0.1) is 0 Å². The number of nitrogens with one attached hydrogen (secondary N) is 1. The van der Waals surface area contributed by atoms with Gasteiger partial charge in [0.2, 0.25) is 0 Å². The van der Waals surface area contributed by atoms with Gasteiger partial charge < -0.3 is 10.4 Å². The molecule has 16 heavy (non-hydrogen) atoms. The molecule has 1 heterocycles. The van der Waals surface area contributed by atoms with Gasteiger partial charge >= 0.3 is 0 Å². The highest BCUT2D eigenvalue weighted by Crippen LogP contribution is 2.20. The third kappa shape index (κ3) is 2.48. The average Bonchev–Trinajstić information content (AvgIpc) is 2.32. The number of hydrogen-bond acceptors (Lipinski definition) is 4. The van der Waals surface area contributed by atoms with Crippen molar-refractivity contribution < 1.29 is 5.11 Å². The molecule has 0 spiro atoms. The SMILES string of the molecule is Cc1cc(NCc2ccncn2)ccc1O. The van der Waals surface area contributed by atoms with E-state index in [0.717, 1.165) is 16.9 Å². The highest BCUT2D eigenvalue weighted by Gasteiger charge is 1.98. The molecule has 0 amide bonds. The first kappa shape index (κ1) is 10.4. The minimum atomic E-state index is 0.313. The minimum absolute atomic E-state index is 0.313. The molecule has 0 atom stereocenters. The van der Waals surface area contributed by atoms with E-state index in [1.807, 2.05) is 25.1 Å². The van der Waals surface area contributed by atoms with Crippen molar-refractivity contribution in [2.45, 2.75) is 13.5 Å². The second kappa shape index (κ2) is 4.61. The summed E-state index contributed by atoms with van der Waals surface area (Å²) in [6, 6.07) is 7.28. The van der Waals surface area contributed by atoms with E-state index in [2.05, 4.69) is 15.3 Å². The second-order valence-electron chi connectivity index (χ2n) is 3.56. The van der Waals surface area contributed by atoms with Crippen molar-refractivity contribution in [1.29, 1.82) is 0 Å². The van der Waals surface area contributed by atoms with Crippen LogP contribution < -0.4 is 5.32 Å². The topological polar surface area (TPSA) is 58.0 Å². The highest BCUT2D eigenvalue weighted by molar-refractivity contribution is 5.50. The fraction of sp³-hybridized carbons (Fsp3) is 0.167. The first-order valence-electron chi connectivity index (χ1n) is 5.04. The Balaban J connectivity index is 2.03. The van der Waals surface area contributed by atoms with Gasteiger partial charge in [-0.1, -0.05) is 0 Å². The third-order valence-corrected chi connectivity index (χ3v) is 2.31. The predicted octanol–water partition coefficient (Wildman–Crippen LogP) is 2.10. The van der Waals surface area contributed by atoms with E-state index >= 15 is 0 Å². The first-order valence-corrected chi connectivity index (χ1v) is 5.04. The van der Waals surface area contributed by atoms with E-state index in [1.54, 1.807) is 12.3 Å². The molecule has 0 aliphatic heterocycles. The maximum Gasteiger partial charge on any atom is 0.118 e. The molecular weight excluding hydrogens is 202 g/mol. The van der Waals surface area contributed by atoms with Crippen LogP contribution in [0.3, 0.4) is 0 Å². The van der Waals surface area contributed by atoms with Crippen molar-refractivity contribution in [3.05, 3.63) is 48.0 Å². The van der Waals surface area contributed by atoms with Gasteiger partial charge in [-0.25, -0.2) is 9.97 Å². The van der Waals surface area contributed by atoms with Gasteiger partial charge in [-0.3, -0.25) is 0 Å². The maximum absolute atomic E-state index is 9.38. The van der Waals surface area contributed by atoms with Crippen LogP contribution >= 0.6 is 0 Å². The van der Waals surface area contributed by atoms with Crippen molar-refractivity contribution >= 4 is 5.69 Å². The fourth-order valence-electron chi connectivity index (χ4n) is 1.38. The van der Waals surface area contributed by atoms with E-state index in [-0.39, 0.29) is 0 Å². The van der Waals surface area contributed by atoms with Gasteiger partial charge in [0.15, 0.2) is 0 Å². The normalized spacial score (nSPS) is 10.1. The van der Waals surface area contributed by atoms with Gasteiger partial charge in [-0.2, -0.15) is 0 Å². The van der Waals surface area contributed by atoms with Crippen molar-refractivity contribution in [3.8, 4) is 5.75 Å². The molecule has 0 radical (unpaired) electrons. The number of nitrogens with zero attached hydrogens (tertiary/aromatic N) is 2. The lowest BCUT2D eigenvalue weighted by molar-refractivity contribution is 0.471. The van der Waals surface area contributed by atoms with E-state index in [0.29, 0.717) is 12.3 Å². The molecule has 1 aromatic carbocycles. The monoisotopic (exact) mass is 215 g/mol. The van der Waals surface area contributed by atoms with Crippen LogP contribution in [0.15, 0.2) is 36.8 Å². The number of aryl methyl sites for hydroxylation is 1. The number of phenols is 1. The summed E-state index contributed by atoms with van der Waals surface area (Å²) < 4.78 is 0. The van der Waals surface area contributed by atoms with Crippen molar-refractivity contribution in [2.75, 3.05) is 5.32 Å². The standard InChI is InChI=1S/C12H13N3O/c1-9-6-10(2-3-12(9)16)14-7-11-4-5-13-8-15-11/h2-6,8,14,16H,7H2,1H3. The molecule has 0 saturated heterocycles. The number of aromatic hydroxyl groups is 1. The zero-order chi connectivity index (χ0) is 11.4. The van der Waals surface area contributed by atoms with Crippen LogP contribution in [0.2, 0.25) is 0 Å². The zero-order valence-corrected chi connectivity index (χ0v) is 9.01. The van der Waals surface area contributed by atoms with Crippen molar-refractivity contribution in [3.63, 3.8) is 0 Å². The lowest BCUT2D eigenvalue weighted by Gasteiger charge is -2.07. The lowest BCUT2D eigenvalue weighted by Crippen LogP contribution is -2.01. The second-order valence-corrected chi connectivity index (χ2v) is 3.56. The summed E-state index contributed by atoms with van der Waals surface area (Å²) in [7, 11) is 0. The molecule has 82 valence electrons. The molecule has 4 heteroatoms. The van der Waals surface area contributed by atoms with Gasteiger partial charge in [-0.05, 0) is 36.8 Å². The Morgan fingerprint density at radius 2 is 2.19 bits per heavy atom. The summed E-state index contributed by atoms with van der Waals surface area (Å²) >= 11 is 0. The molecule has 2 N–H and O–H groups in total. The Morgan fingerprint density at radius 1 is 1.31 bits per heavy atom. The van der Waals surface area contributed by atoms with Crippen molar-refractivity contribution in [1.82, 2.24) is 9.97 Å². The minimum Gasteiger partial charge on any atom is -0.508 e. The van der Waals surface area contributed by atoms with Crippen molar-refractivity contribution in [2.24, 2.45) is 0 Å². The fourth-order valence-corrected chi connectivity index (χ4v) is 1.38. The van der Waals surface area contributed by atoms with Crippen LogP contribution in [0.25, 0.3) is 0 Å². The van der Waals surface area contributed by atoms with Crippen LogP contribution in [-0.2, 0) is 6.54 Å². The largest absolute Gasteiger partial charge is 0.508 e. The first-order chi connectivity index (χ1) is 7.75. The molecule has 0 unspecified atom stereocenters. The van der Waals surface area contributed by atoms with Gasteiger partial charge in [0, 0.05) is 11.9 Å². The van der Waals surface area contributed by atoms with E-state index in [1.165, 1.54) is 6.33 Å². The van der Waals surface area contributed by atoms with Gasteiger partial charge in [0.25, 0.3) is 0 Å². The van der Waals surface area contributed by atoms with E-state index in [4.69, 9.17) is 0 Å². The summed E-state index contributed by atoms with van der Waals surface area (Å²) in [4.78, 5) is 7.96. The molecule has 4 nitrogen and oxygen atoms in total. The number of phenolic OH excluding ortho intramolecular Hbond substituents is 1. The molecule has 0 saturated carbocycles. The van der Waals surface area contributed by atoms with E-state index < -0.39 is 0 Å². The van der Waals surface area contributed by atoms with E-state index in [9.17, 15) is 5.11 Å². The molecule has 1 aromatic heterocycles. The summed E-state index contributed by atoms with van der Waals surface area (Å²) in [5, 5.41) is 12.6. The molecule has 0 aliphatic rings. The summed E-state index contributed by atoms with van der Waals surface area (Å²) in [5.41, 5.74) is 2.75. The molecule has 2 rings (SSSR count). The number of hydrogen-bond donors (Lipinski definition) is 2. The van der Waals surface area contributed by atoms with Gasteiger partial charge in [0.1, 0.15) is 12.1 Å². The Bertz CT molecular complexity index is 471.